The number of carbonyl (C=O) groups is 2. The first kappa shape index (κ1) is 20.5. The minimum Gasteiger partial charge on any atom is -0.480 e. The third kappa shape index (κ3) is 5.66. The van der Waals surface area contributed by atoms with E-state index in [1.165, 1.54) is 12.8 Å². The van der Waals surface area contributed by atoms with Gasteiger partial charge in [-0.15, -0.1) is 0 Å². The maximum atomic E-state index is 10.7. The zero-order valence-electron chi connectivity index (χ0n) is 12.0. The van der Waals surface area contributed by atoms with Gasteiger partial charge in [0.05, 0.1) is 0 Å². The van der Waals surface area contributed by atoms with E-state index in [-0.39, 0.29) is 46.0 Å². The van der Waals surface area contributed by atoms with Gasteiger partial charge in [0.25, 0.3) is 0 Å². The van der Waals surface area contributed by atoms with Crippen LogP contribution in [0.4, 0.5) is 0 Å². The summed E-state index contributed by atoms with van der Waals surface area (Å²) in [5.41, 5.74) is 9.76. The molecule has 0 aromatic carbocycles. The van der Waals surface area contributed by atoms with Crippen molar-refractivity contribution in [2.24, 2.45) is 16.9 Å². The largest absolute Gasteiger partial charge is 0.480 e. The Bertz CT molecular complexity index is 322. The van der Waals surface area contributed by atoms with E-state index in [2.05, 4.69) is 5.32 Å². The van der Waals surface area contributed by atoms with Crippen molar-refractivity contribution in [1.82, 2.24) is 5.32 Å². The van der Waals surface area contributed by atoms with Gasteiger partial charge in [-0.1, -0.05) is 12.8 Å². The zero-order valence-corrected chi connectivity index (χ0v) is 14.3. The molecule has 0 amide bonds. The molecule has 2 aliphatic rings. The van der Waals surface area contributed by atoms with Crippen molar-refractivity contribution in [3.05, 3.63) is 0 Å². The van der Waals surface area contributed by atoms with Crippen LogP contribution in [0.15, 0.2) is 0 Å². The molecule has 2 rings (SSSR count). The summed E-state index contributed by atoms with van der Waals surface area (Å²) >= 11 is 0. The van der Waals surface area contributed by atoms with Gasteiger partial charge in [0, 0.05) is 33.1 Å². The summed E-state index contributed by atoms with van der Waals surface area (Å²) in [4.78, 5) is 21.4. The second-order valence-corrected chi connectivity index (χ2v) is 5.55. The Hall–Kier alpha value is -0.492. The summed E-state index contributed by atoms with van der Waals surface area (Å²) in [6, 6.07) is 0.562. The van der Waals surface area contributed by atoms with Crippen LogP contribution in [0.5, 0.6) is 0 Å². The molecule has 1 aliphatic heterocycles. The van der Waals surface area contributed by atoms with Gasteiger partial charge in [-0.2, -0.15) is 0 Å². The molecule has 2 atom stereocenters. The number of carboxylic acids is 2. The molecule has 1 saturated heterocycles. The molecular formula is C13H25N3O4Pt. The second-order valence-electron chi connectivity index (χ2n) is 5.55. The molecule has 0 spiro atoms. The fourth-order valence-electron chi connectivity index (χ4n) is 2.56. The number of rotatable bonds is 2. The van der Waals surface area contributed by atoms with Crippen LogP contribution in [-0.2, 0) is 30.7 Å². The molecule has 1 heterocycles. The molecule has 7 N–H and O–H groups in total. The normalized spacial score (nSPS) is 27.5. The predicted octanol–water partition coefficient (Wildman–Crippen LogP) is -0.262. The summed E-state index contributed by atoms with van der Waals surface area (Å²) in [7, 11) is 0. The summed E-state index contributed by atoms with van der Waals surface area (Å²) in [6.45, 7) is 0.914. The van der Waals surface area contributed by atoms with Gasteiger partial charge < -0.3 is 27.0 Å². The van der Waals surface area contributed by atoms with Crippen molar-refractivity contribution in [3.63, 3.8) is 0 Å². The van der Waals surface area contributed by atoms with Crippen LogP contribution in [0.25, 0.3) is 0 Å². The molecule has 8 heteroatoms. The van der Waals surface area contributed by atoms with E-state index in [0.29, 0.717) is 13.1 Å². The third-order valence-electron chi connectivity index (χ3n) is 4.15. The molecule has 0 radical (unpaired) electrons. The number of nitrogens with two attached hydrogens (primary N) is 2. The van der Waals surface area contributed by atoms with E-state index in [4.69, 9.17) is 21.7 Å². The molecule has 2 fully saturated rings. The molecule has 0 aromatic rings. The first-order valence-corrected chi connectivity index (χ1v) is 7.09. The number of aliphatic carboxylic acids is 2. The molecule has 1 aliphatic carbocycles. The van der Waals surface area contributed by atoms with E-state index in [1.807, 2.05) is 0 Å². The van der Waals surface area contributed by atoms with Crippen LogP contribution >= 0.6 is 0 Å². The number of carboxylic acid groups (broad SMARTS) is 2. The van der Waals surface area contributed by atoms with Crippen LogP contribution in [0.1, 0.15) is 38.5 Å². The average molecular weight is 482 g/mol. The maximum Gasteiger partial charge on any atom is 0.321 e. The van der Waals surface area contributed by atoms with E-state index in [9.17, 15) is 9.59 Å². The number of piperidine rings is 1. The smallest absolute Gasteiger partial charge is 0.321 e. The second kappa shape index (κ2) is 9.51. The molecule has 126 valence electrons. The Morgan fingerprint density at radius 1 is 0.952 bits per heavy atom. The summed E-state index contributed by atoms with van der Waals surface area (Å²) in [6.07, 6.45) is 5.13. The van der Waals surface area contributed by atoms with E-state index < -0.39 is 17.4 Å². The minimum atomic E-state index is -1.55. The van der Waals surface area contributed by atoms with Crippen LogP contribution in [-0.4, -0.2) is 47.3 Å². The Balaban J connectivity index is 0.000000390. The number of hydrogen-bond acceptors (Lipinski definition) is 5. The van der Waals surface area contributed by atoms with E-state index in [0.717, 1.165) is 12.8 Å². The third-order valence-corrected chi connectivity index (χ3v) is 4.15. The van der Waals surface area contributed by atoms with Gasteiger partial charge >= 0.3 is 11.9 Å². The molecule has 1 saturated carbocycles. The van der Waals surface area contributed by atoms with Crippen molar-refractivity contribution in [2.45, 2.75) is 50.6 Å². The molecule has 0 aromatic heterocycles. The molecular weight excluding hydrogens is 457 g/mol. The van der Waals surface area contributed by atoms with Crippen LogP contribution in [0.3, 0.4) is 0 Å². The fraction of sp³-hybridized carbons (Fsp3) is 0.846. The first-order valence-electron chi connectivity index (χ1n) is 7.09. The predicted molar refractivity (Wildman–Crippen MR) is 74.2 cm³/mol. The summed E-state index contributed by atoms with van der Waals surface area (Å²) in [5.74, 6) is -2.45. The molecule has 7 nitrogen and oxygen atoms in total. The molecule has 0 bridgehead atoms. The Morgan fingerprint density at radius 3 is 1.57 bits per heavy atom. The van der Waals surface area contributed by atoms with Crippen LogP contribution < -0.4 is 16.8 Å². The summed E-state index contributed by atoms with van der Waals surface area (Å²) < 4.78 is 0. The van der Waals surface area contributed by atoms with Crippen LogP contribution in [0, 0.1) is 5.41 Å². The van der Waals surface area contributed by atoms with Gasteiger partial charge in [0.2, 0.25) is 0 Å². The molecule has 0 unspecified atom stereocenters. The van der Waals surface area contributed by atoms with Gasteiger partial charge in [-0.05, 0) is 38.8 Å². The van der Waals surface area contributed by atoms with Crippen LogP contribution in [0.2, 0.25) is 0 Å². The Labute approximate surface area is 139 Å². The van der Waals surface area contributed by atoms with Gasteiger partial charge in [0.1, 0.15) is 0 Å². The van der Waals surface area contributed by atoms with Gasteiger partial charge in [0.15, 0.2) is 5.41 Å². The molecule has 21 heavy (non-hydrogen) atoms. The fourth-order valence-corrected chi connectivity index (χ4v) is 2.56. The van der Waals surface area contributed by atoms with Gasteiger partial charge in [-0.25, -0.2) is 0 Å². The van der Waals surface area contributed by atoms with Crippen molar-refractivity contribution < 1.29 is 40.9 Å². The zero-order chi connectivity index (χ0) is 15.2. The quantitative estimate of drug-likeness (QED) is 0.342. The van der Waals surface area contributed by atoms with Crippen molar-refractivity contribution in [2.75, 3.05) is 13.1 Å². The minimum absolute atomic E-state index is 0. The Kier molecular flexibility index (Phi) is 9.29. The average Bonchev–Trinajstić information content (AvgIpc) is 2.43. The number of hydrogen-bond donors (Lipinski definition) is 5. The Morgan fingerprint density at radius 2 is 1.33 bits per heavy atom. The first-order chi connectivity index (χ1) is 9.40. The maximum absolute atomic E-state index is 10.7. The SMILES string of the molecule is N[C@@H]1CCCC[C@H]1N.O=C(O)C1(C(=O)O)CCNCC1.[Pt]. The monoisotopic (exact) mass is 482 g/mol. The standard InChI is InChI=1S/C7H11NO4.C6H14N2.Pt/c9-5(10)7(6(11)12)1-3-8-4-2-7;7-5-3-1-2-4-6(5)8;/h8H,1-4H2,(H,9,10)(H,11,12);5-6H,1-4,7-8H2;/t;5-,6-;/m.1./s1. The van der Waals surface area contributed by atoms with Crippen molar-refractivity contribution >= 4 is 11.9 Å². The van der Waals surface area contributed by atoms with Crippen molar-refractivity contribution in [1.29, 1.82) is 0 Å². The van der Waals surface area contributed by atoms with Crippen molar-refractivity contribution in [3.8, 4) is 0 Å². The summed E-state index contributed by atoms with van der Waals surface area (Å²) in [5, 5.41) is 20.4. The van der Waals surface area contributed by atoms with E-state index >= 15 is 0 Å². The number of nitrogens with one attached hydrogen (secondary N) is 1. The topological polar surface area (TPSA) is 139 Å². The van der Waals surface area contributed by atoms with E-state index in [1.54, 1.807) is 0 Å². The van der Waals surface area contributed by atoms with Gasteiger partial charge in [-0.3, -0.25) is 9.59 Å².